The Labute approximate surface area is 46.2 Å². The van der Waals surface area contributed by atoms with Crippen molar-refractivity contribution in [3.63, 3.8) is 0 Å². The van der Waals surface area contributed by atoms with Gasteiger partial charge in [0.15, 0.2) is 0 Å². The molecule has 0 aromatic heterocycles. The summed E-state index contributed by atoms with van der Waals surface area (Å²) in [5.41, 5.74) is 0. The van der Waals surface area contributed by atoms with Crippen LogP contribution in [0, 0.1) is 0 Å². The van der Waals surface area contributed by atoms with Crippen LogP contribution in [0.15, 0.2) is 0 Å². The van der Waals surface area contributed by atoms with E-state index in [4.69, 9.17) is 15.7 Å². The molecule has 0 aliphatic heterocycles. The zero-order chi connectivity index (χ0) is 4.50. The zero-order valence-electron chi connectivity index (χ0n) is 2.43. The normalized spacial score (nSPS) is 9.50. The van der Waals surface area contributed by atoms with Crippen molar-refractivity contribution in [2.45, 2.75) is 0 Å². The van der Waals surface area contributed by atoms with Gasteiger partial charge in [-0.25, -0.2) is 0 Å². The summed E-state index contributed by atoms with van der Waals surface area (Å²) < 4.78 is 33.1. The van der Waals surface area contributed by atoms with Crippen molar-refractivity contribution in [2.24, 2.45) is 0 Å². The monoisotopic (exact) mass is 175 g/mol. The molecule has 4 nitrogen and oxygen atoms in total. The molecular weight excluding hydrogens is 174 g/mol. The third-order valence-electron chi connectivity index (χ3n) is 0. The van der Waals surface area contributed by atoms with Crippen LogP contribution in [0.3, 0.4) is 0 Å². The number of hydrogen-bond acceptors (Lipinski definition) is 3. The van der Waals surface area contributed by atoms with Gasteiger partial charge in [-0.05, 0) is 0 Å². The molecule has 1 N–H and O–H groups in total. The summed E-state index contributed by atoms with van der Waals surface area (Å²) in [5.74, 6) is 0. The van der Waals surface area contributed by atoms with Gasteiger partial charge in [0.05, 0.1) is 0 Å². The summed E-state index contributed by atoms with van der Waals surface area (Å²) >= 11 is -5.38. The van der Waals surface area contributed by atoms with Gasteiger partial charge in [0.25, 0.3) is 0 Å². The van der Waals surface area contributed by atoms with E-state index in [0.717, 1.165) is 0 Å². The fraction of sp³-hybridized carbons (Fsp3) is 0. The van der Waals surface area contributed by atoms with Gasteiger partial charge in [-0.15, -0.1) is 0 Å². The Balaban J connectivity index is 0. The van der Waals surface area contributed by atoms with E-state index in [0.29, 0.717) is 0 Å². The minimum absolute atomic E-state index is 0. The Morgan fingerprint density at radius 3 is 1.17 bits per heavy atom. The predicted molar refractivity (Wildman–Crippen MR) is 4.28 cm³/mol. The first-order valence-electron chi connectivity index (χ1n) is 0.632. The number of rotatable bonds is 0. The topological polar surface area (TPSA) is 71.4 Å². The molecule has 0 spiro atoms. The van der Waals surface area contributed by atoms with Crippen LogP contribution in [0.4, 0.5) is 0 Å². The molecule has 0 aliphatic rings. The third kappa shape index (κ3) is 319. The van der Waals surface area contributed by atoms with Gasteiger partial charge in [-0.3, -0.25) is 0 Å². The van der Waals surface area contributed by atoms with Gasteiger partial charge in [-0.1, -0.05) is 0 Å². The Kier molecular flexibility index (Phi) is 4.10. The molecular formula is HMn2O4. The van der Waals surface area contributed by atoms with Crippen LogP contribution in [0.2, 0.25) is 0 Å². The molecule has 0 aliphatic carbocycles. The van der Waals surface area contributed by atoms with Gasteiger partial charge in [0.2, 0.25) is 0 Å². The quantitative estimate of drug-likeness (QED) is 0.483. The van der Waals surface area contributed by atoms with Crippen molar-refractivity contribution < 1.29 is 45.7 Å². The molecule has 6 heavy (non-hydrogen) atoms. The molecule has 0 saturated heterocycles. The van der Waals surface area contributed by atoms with E-state index in [1.165, 1.54) is 0 Å². The minimum atomic E-state index is -5.38. The molecule has 1 radical (unpaired) electrons. The van der Waals surface area contributed by atoms with Gasteiger partial charge in [0, 0.05) is 17.1 Å². The van der Waals surface area contributed by atoms with Crippen LogP contribution in [-0.2, 0) is 41.5 Å². The van der Waals surface area contributed by atoms with Crippen LogP contribution in [-0.4, -0.2) is 4.19 Å². The molecule has 0 atom stereocenters. The summed E-state index contributed by atoms with van der Waals surface area (Å²) in [6, 6.07) is 0. The molecule has 0 rings (SSSR count). The van der Waals surface area contributed by atoms with Crippen molar-refractivity contribution in [2.75, 3.05) is 0 Å². The molecule has 0 saturated carbocycles. The van der Waals surface area contributed by atoms with Gasteiger partial charge >= 0.3 is 28.7 Å². The molecule has 0 amide bonds. The second-order valence-electron chi connectivity index (χ2n) is 0.396. The summed E-state index contributed by atoms with van der Waals surface area (Å²) in [5, 5.41) is 0. The predicted octanol–water partition coefficient (Wildman–Crippen LogP) is -0.918. The summed E-state index contributed by atoms with van der Waals surface area (Å²) in [4.78, 5) is 0. The average molecular weight is 175 g/mol. The molecule has 6 heteroatoms. The molecule has 0 fully saturated rings. The fourth-order valence-corrected chi connectivity index (χ4v) is 0. The van der Waals surface area contributed by atoms with E-state index in [2.05, 4.69) is 0 Å². The van der Waals surface area contributed by atoms with Crippen LogP contribution in [0.5, 0.6) is 0 Å². The van der Waals surface area contributed by atoms with E-state index in [1.54, 1.807) is 0 Å². The SMILES string of the molecule is [Mn].[O]=[Mn](=[O])(=[O])[OH]. The van der Waals surface area contributed by atoms with Gasteiger partial charge < -0.3 is 0 Å². The Bertz CT molecular complexity index is 127. The molecule has 0 aromatic rings. The summed E-state index contributed by atoms with van der Waals surface area (Å²) in [6.07, 6.45) is 0. The van der Waals surface area contributed by atoms with E-state index >= 15 is 0 Å². The van der Waals surface area contributed by atoms with Crippen LogP contribution in [0.25, 0.3) is 0 Å². The second kappa shape index (κ2) is 2.55. The molecule has 0 unspecified atom stereocenters. The standard InChI is InChI=1S/2Mn.H2O.3O/h;;1H2;;;/q;+1;;;;/p-1. The molecule has 0 heterocycles. The van der Waals surface area contributed by atoms with Crippen LogP contribution >= 0.6 is 0 Å². The van der Waals surface area contributed by atoms with Crippen molar-refractivity contribution in [3.05, 3.63) is 0 Å². The van der Waals surface area contributed by atoms with E-state index < -0.39 is 13.0 Å². The first-order chi connectivity index (χ1) is 2.00. The molecule has 0 aromatic carbocycles. The van der Waals surface area contributed by atoms with Crippen molar-refractivity contribution in [1.82, 2.24) is 0 Å². The summed E-state index contributed by atoms with van der Waals surface area (Å²) in [7, 11) is 0. The first-order valence-corrected chi connectivity index (χ1v) is 2.61. The Morgan fingerprint density at radius 2 is 1.17 bits per heavy atom. The van der Waals surface area contributed by atoms with E-state index in [-0.39, 0.29) is 17.1 Å². The maximum absolute atomic E-state index is 8.69. The van der Waals surface area contributed by atoms with Crippen molar-refractivity contribution in [1.29, 1.82) is 0 Å². The van der Waals surface area contributed by atoms with Crippen molar-refractivity contribution >= 4 is 0 Å². The van der Waals surface area contributed by atoms with Gasteiger partial charge in [0.1, 0.15) is 0 Å². The molecule has 39 valence electrons. The first kappa shape index (κ1) is 9.64. The third-order valence-corrected chi connectivity index (χ3v) is 0. The van der Waals surface area contributed by atoms with Crippen LogP contribution in [0.1, 0.15) is 0 Å². The van der Waals surface area contributed by atoms with E-state index in [9.17, 15) is 0 Å². The zero-order valence-corrected chi connectivity index (χ0v) is 4.79. The van der Waals surface area contributed by atoms with Crippen LogP contribution < -0.4 is 0 Å². The van der Waals surface area contributed by atoms with E-state index in [1.807, 2.05) is 0 Å². The average Bonchev–Trinajstić information content (AvgIpc) is 0.722. The second-order valence-corrected chi connectivity index (χ2v) is 1.63. The maximum atomic E-state index is 8.69. The Morgan fingerprint density at radius 1 is 1.17 bits per heavy atom. The summed E-state index contributed by atoms with van der Waals surface area (Å²) in [6.45, 7) is 0. The Hall–Kier alpha value is 0.399. The fourth-order valence-electron chi connectivity index (χ4n) is 0. The van der Waals surface area contributed by atoms with Crippen molar-refractivity contribution in [3.8, 4) is 0 Å². The number of hydrogen-bond donors (Lipinski definition) is 1. The van der Waals surface area contributed by atoms with Gasteiger partial charge in [-0.2, -0.15) is 0 Å². The molecule has 0 bridgehead atoms.